The minimum absolute atomic E-state index is 0.107. The Kier molecular flexibility index (Phi) is 5.03. The summed E-state index contributed by atoms with van der Waals surface area (Å²) in [7, 11) is -3.49. The van der Waals surface area contributed by atoms with Crippen molar-refractivity contribution in [1.82, 2.24) is 0 Å². The first-order valence-electron chi connectivity index (χ1n) is 5.48. The monoisotopic (exact) mass is 269 g/mol. The standard InChI is InChI=1S/C12H15NO4S/c13-12(15)9-18(16,17)8-4-7-11(14)10-5-2-1-3-6-10/h1-3,5-6H,4,7-9H2,(H2,13,15). The van der Waals surface area contributed by atoms with Crippen LogP contribution in [0.3, 0.4) is 0 Å². The molecule has 2 N–H and O–H groups in total. The third-order valence-electron chi connectivity index (χ3n) is 2.32. The van der Waals surface area contributed by atoms with Crippen molar-refractivity contribution in [3.8, 4) is 0 Å². The maximum atomic E-state index is 11.7. The smallest absolute Gasteiger partial charge is 0.232 e. The van der Waals surface area contributed by atoms with Crippen molar-refractivity contribution in [3.05, 3.63) is 35.9 Å². The fraction of sp³-hybridized carbons (Fsp3) is 0.333. The van der Waals surface area contributed by atoms with Crippen LogP contribution in [-0.2, 0) is 14.6 Å². The van der Waals surface area contributed by atoms with E-state index < -0.39 is 21.5 Å². The van der Waals surface area contributed by atoms with Gasteiger partial charge in [0.2, 0.25) is 5.91 Å². The van der Waals surface area contributed by atoms with Crippen molar-refractivity contribution < 1.29 is 18.0 Å². The number of hydrogen-bond donors (Lipinski definition) is 1. The Balaban J connectivity index is 2.43. The number of nitrogens with two attached hydrogens (primary N) is 1. The number of amides is 1. The zero-order chi connectivity index (χ0) is 13.6. The van der Waals surface area contributed by atoms with Crippen molar-refractivity contribution in [2.45, 2.75) is 12.8 Å². The van der Waals surface area contributed by atoms with E-state index in [1.165, 1.54) is 0 Å². The van der Waals surface area contributed by atoms with E-state index in [9.17, 15) is 18.0 Å². The number of carbonyl (C=O) groups excluding carboxylic acids is 2. The molecule has 0 radical (unpaired) electrons. The molecule has 0 aliphatic carbocycles. The molecule has 5 nitrogen and oxygen atoms in total. The molecule has 1 aromatic carbocycles. The van der Waals surface area contributed by atoms with Gasteiger partial charge in [-0.25, -0.2) is 8.42 Å². The Morgan fingerprint density at radius 3 is 2.28 bits per heavy atom. The first-order valence-corrected chi connectivity index (χ1v) is 7.30. The molecule has 1 aromatic rings. The third kappa shape index (κ3) is 5.09. The van der Waals surface area contributed by atoms with Crippen LogP contribution in [0.4, 0.5) is 0 Å². The lowest BCUT2D eigenvalue weighted by Crippen LogP contribution is -2.25. The molecule has 98 valence electrons. The number of carbonyl (C=O) groups is 2. The SMILES string of the molecule is NC(=O)CS(=O)(=O)CCCC(=O)c1ccccc1. The number of ketones is 1. The van der Waals surface area contributed by atoms with Crippen LogP contribution in [0.5, 0.6) is 0 Å². The lowest BCUT2D eigenvalue weighted by Gasteiger charge is -2.02. The fourth-order valence-electron chi connectivity index (χ4n) is 1.51. The summed E-state index contributed by atoms with van der Waals surface area (Å²) in [5, 5.41) is 0. The van der Waals surface area contributed by atoms with Gasteiger partial charge in [-0.2, -0.15) is 0 Å². The second-order valence-corrected chi connectivity index (χ2v) is 6.14. The summed E-state index contributed by atoms with van der Waals surface area (Å²) in [6, 6.07) is 8.66. The molecule has 0 saturated heterocycles. The summed E-state index contributed by atoms with van der Waals surface area (Å²) in [6.45, 7) is 0. The Bertz CT molecular complexity index is 522. The number of hydrogen-bond acceptors (Lipinski definition) is 4. The second kappa shape index (κ2) is 6.30. The predicted octanol–water partition coefficient (Wildman–Crippen LogP) is 0.550. The molecule has 18 heavy (non-hydrogen) atoms. The molecule has 0 aromatic heterocycles. The van der Waals surface area contributed by atoms with Gasteiger partial charge in [0.25, 0.3) is 0 Å². The Labute approximate surface area is 106 Å². The van der Waals surface area contributed by atoms with Crippen molar-refractivity contribution in [3.63, 3.8) is 0 Å². The highest BCUT2D eigenvalue weighted by molar-refractivity contribution is 7.92. The summed E-state index contributed by atoms with van der Waals surface area (Å²) in [5.41, 5.74) is 5.38. The van der Waals surface area contributed by atoms with E-state index >= 15 is 0 Å². The molecule has 6 heteroatoms. The van der Waals surface area contributed by atoms with Gasteiger partial charge < -0.3 is 5.73 Å². The minimum Gasteiger partial charge on any atom is -0.369 e. The van der Waals surface area contributed by atoms with Crippen molar-refractivity contribution in [2.24, 2.45) is 5.73 Å². The van der Waals surface area contributed by atoms with E-state index in [1.54, 1.807) is 30.3 Å². The van der Waals surface area contributed by atoms with Gasteiger partial charge in [-0.1, -0.05) is 30.3 Å². The second-order valence-electron chi connectivity index (χ2n) is 3.95. The lowest BCUT2D eigenvalue weighted by molar-refractivity contribution is -0.115. The minimum atomic E-state index is -3.49. The highest BCUT2D eigenvalue weighted by Gasteiger charge is 2.15. The molecule has 1 rings (SSSR count). The van der Waals surface area contributed by atoms with E-state index in [1.807, 2.05) is 0 Å². The average Bonchev–Trinajstić information content (AvgIpc) is 2.28. The average molecular weight is 269 g/mol. The summed E-state index contributed by atoms with van der Waals surface area (Å²) in [4.78, 5) is 22.2. The number of benzene rings is 1. The van der Waals surface area contributed by atoms with Crippen LogP contribution in [0.25, 0.3) is 0 Å². The highest BCUT2D eigenvalue weighted by Crippen LogP contribution is 2.06. The van der Waals surface area contributed by atoms with Crippen LogP contribution in [0.2, 0.25) is 0 Å². The Morgan fingerprint density at radius 1 is 1.11 bits per heavy atom. The van der Waals surface area contributed by atoms with Crippen LogP contribution in [0.1, 0.15) is 23.2 Å². The molecule has 0 spiro atoms. The maximum absolute atomic E-state index is 11.7. The molecule has 0 fully saturated rings. The number of primary amides is 1. The van der Waals surface area contributed by atoms with Gasteiger partial charge in [-0.15, -0.1) is 0 Å². The van der Waals surface area contributed by atoms with Crippen LogP contribution in [0, 0.1) is 0 Å². The quantitative estimate of drug-likeness (QED) is 0.731. The highest BCUT2D eigenvalue weighted by atomic mass is 32.2. The largest absolute Gasteiger partial charge is 0.369 e. The maximum Gasteiger partial charge on any atom is 0.232 e. The van der Waals surface area contributed by atoms with Gasteiger partial charge in [0, 0.05) is 12.0 Å². The zero-order valence-electron chi connectivity index (χ0n) is 9.83. The summed E-state index contributed by atoms with van der Waals surface area (Å²) in [5.74, 6) is -1.84. The van der Waals surface area contributed by atoms with E-state index in [2.05, 4.69) is 0 Å². The van der Waals surface area contributed by atoms with Gasteiger partial charge in [0.05, 0.1) is 5.75 Å². The molecule has 0 aliphatic rings. The van der Waals surface area contributed by atoms with Gasteiger partial charge >= 0.3 is 0 Å². The lowest BCUT2D eigenvalue weighted by atomic mass is 10.1. The zero-order valence-corrected chi connectivity index (χ0v) is 10.7. The number of rotatable bonds is 7. The van der Waals surface area contributed by atoms with Crippen molar-refractivity contribution in [1.29, 1.82) is 0 Å². The van der Waals surface area contributed by atoms with Gasteiger partial charge in [0.15, 0.2) is 15.6 Å². The van der Waals surface area contributed by atoms with Crippen LogP contribution < -0.4 is 5.73 Å². The normalized spacial score (nSPS) is 11.1. The fourth-order valence-corrected chi connectivity index (χ4v) is 2.67. The van der Waals surface area contributed by atoms with Crippen molar-refractivity contribution in [2.75, 3.05) is 11.5 Å². The summed E-state index contributed by atoms with van der Waals surface area (Å²) < 4.78 is 22.7. The molecular weight excluding hydrogens is 254 g/mol. The summed E-state index contributed by atoms with van der Waals surface area (Å²) >= 11 is 0. The van der Waals surface area contributed by atoms with Crippen LogP contribution in [-0.4, -0.2) is 31.6 Å². The first kappa shape index (κ1) is 14.4. The molecule has 0 saturated carbocycles. The molecule has 0 unspecified atom stereocenters. The number of Topliss-reactive ketones (excluding diaryl/α,β-unsaturated/α-hetero) is 1. The van der Waals surface area contributed by atoms with E-state index in [-0.39, 0.29) is 24.4 Å². The van der Waals surface area contributed by atoms with Crippen LogP contribution >= 0.6 is 0 Å². The third-order valence-corrected chi connectivity index (χ3v) is 3.95. The van der Waals surface area contributed by atoms with E-state index in [0.717, 1.165) is 0 Å². The van der Waals surface area contributed by atoms with Gasteiger partial charge in [-0.05, 0) is 6.42 Å². The molecule has 0 atom stereocenters. The van der Waals surface area contributed by atoms with Crippen LogP contribution in [0.15, 0.2) is 30.3 Å². The Hall–Kier alpha value is -1.69. The topological polar surface area (TPSA) is 94.3 Å². The summed E-state index contributed by atoms with van der Waals surface area (Å²) in [6.07, 6.45) is 0.339. The first-order chi connectivity index (χ1) is 8.41. The molecular formula is C12H15NO4S. The van der Waals surface area contributed by atoms with Gasteiger partial charge in [0.1, 0.15) is 5.75 Å². The van der Waals surface area contributed by atoms with E-state index in [0.29, 0.717) is 5.56 Å². The molecule has 1 amide bonds. The predicted molar refractivity (Wildman–Crippen MR) is 67.9 cm³/mol. The molecule has 0 heterocycles. The molecule has 0 aliphatic heterocycles. The number of sulfone groups is 1. The Morgan fingerprint density at radius 2 is 1.72 bits per heavy atom. The van der Waals surface area contributed by atoms with E-state index in [4.69, 9.17) is 5.73 Å². The van der Waals surface area contributed by atoms with Crippen molar-refractivity contribution >= 4 is 21.5 Å². The van der Waals surface area contributed by atoms with Gasteiger partial charge in [-0.3, -0.25) is 9.59 Å². The molecule has 0 bridgehead atoms.